The van der Waals surface area contributed by atoms with Crippen molar-refractivity contribution < 1.29 is 19.7 Å². The van der Waals surface area contributed by atoms with E-state index >= 15 is 0 Å². The Morgan fingerprint density at radius 2 is 1.97 bits per heavy atom. The van der Waals surface area contributed by atoms with Gasteiger partial charge in [-0.25, -0.2) is 0 Å². The molecule has 0 aliphatic heterocycles. The summed E-state index contributed by atoms with van der Waals surface area (Å²) in [6.07, 6.45) is 1.84. The molecule has 1 aliphatic rings. The van der Waals surface area contributed by atoms with Crippen LogP contribution in [-0.4, -0.2) is 38.9 Å². The predicted molar refractivity (Wildman–Crippen MR) is 114 cm³/mol. The number of primary amides is 1. The zero-order valence-electron chi connectivity index (χ0n) is 17.3. The Morgan fingerprint density at radius 1 is 1.27 bits per heavy atom. The Labute approximate surface area is 174 Å². The second-order valence-electron chi connectivity index (χ2n) is 8.26. The molecule has 1 saturated carbocycles. The highest BCUT2D eigenvalue weighted by Crippen LogP contribution is 2.45. The number of hydrogen-bond donors (Lipinski definition) is 4. The molecule has 0 atom stereocenters. The number of fused-ring (bicyclic) bond motifs is 1. The molecule has 8 nitrogen and oxygen atoms in total. The maximum atomic E-state index is 12.2. The van der Waals surface area contributed by atoms with Crippen LogP contribution in [-0.2, 0) is 0 Å². The van der Waals surface area contributed by atoms with Crippen molar-refractivity contribution in [3.63, 3.8) is 0 Å². The zero-order chi connectivity index (χ0) is 21.8. The lowest BCUT2D eigenvalue weighted by atomic mass is 10.1. The fourth-order valence-corrected chi connectivity index (χ4v) is 3.85. The third-order valence-electron chi connectivity index (χ3n) is 6.01. The highest BCUT2D eigenvalue weighted by Gasteiger charge is 2.43. The molecule has 4 rings (SSSR count). The molecule has 6 N–H and O–H groups in total. The van der Waals surface area contributed by atoms with Crippen LogP contribution < -0.4 is 16.2 Å². The van der Waals surface area contributed by atoms with Crippen LogP contribution in [0.4, 0.5) is 5.82 Å². The third kappa shape index (κ3) is 3.04. The number of nitrogens with two attached hydrogens (primary N) is 2. The van der Waals surface area contributed by atoms with Crippen LogP contribution in [0.2, 0.25) is 0 Å². The number of aromatic nitrogens is 2. The van der Waals surface area contributed by atoms with Crippen molar-refractivity contribution in [1.29, 1.82) is 0 Å². The molecule has 2 aromatic heterocycles. The second kappa shape index (κ2) is 6.91. The molecule has 30 heavy (non-hydrogen) atoms. The molecule has 158 valence electrons. The SMILES string of the molecule is Cc1cc2c(C(N)=O)c(N)n(-c3c(C)ccc(O)c3C)c2nc1OCC1(CO)CC1. The topological polar surface area (TPSA) is 137 Å². The molecule has 0 bridgehead atoms. The van der Waals surface area contributed by atoms with Gasteiger partial charge in [0, 0.05) is 21.9 Å². The number of amides is 1. The molecular weight excluding hydrogens is 384 g/mol. The van der Waals surface area contributed by atoms with Crippen LogP contribution in [0, 0.1) is 26.2 Å². The van der Waals surface area contributed by atoms with Gasteiger partial charge in [0.1, 0.15) is 11.6 Å². The normalized spacial score (nSPS) is 14.8. The first kappa shape index (κ1) is 20.0. The summed E-state index contributed by atoms with van der Waals surface area (Å²) in [5, 5.41) is 20.3. The summed E-state index contributed by atoms with van der Waals surface area (Å²) < 4.78 is 7.60. The van der Waals surface area contributed by atoms with Crippen molar-refractivity contribution in [2.75, 3.05) is 18.9 Å². The highest BCUT2D eigenvalue weighted by molar-refractivity contribution is 6.11. The maximum absolute atomic E-state index is 12.2. The van der Waals surface area contributed by atoms with Gasteiger partial charge in [-0.2, -0.15) is 4.98 Å². The first-order valence-corrected chi connectivity index (χ1v) is 9.83. The summed E-state index contributed by atoms with van der Waals surface area (Å²) in [4.78, 5) is 16.9. The van der Waals surface area contributed by atoms with Gasteiger partial charge in [-0.05, 0) is 51.3 Å². The number of aromatic hydroxyl groups is 1. The molecular formula is C22H26N4O4. The Kier molecular flexibility index (Phi) is 4.62. The highest BCUT2D eigenvalue weighted by atomic mass is 16.5. The van der Waals surface area contributed by atoms with Crippen molar-refractivity contribution in [3.05, 3.63) is 40.5 Å². The standard InChI is InChI=1S/C22H26N4O4/c1-11-4-5-15(28)13(3)17(11)26-18(23)16(19(24)29)14-8-12(2)21(25-20(14)26)30-10-22(9-27)6-7-22/h4-5,8,27-28H,6-7,9-10,23H2,1-3H3,(H2,24,29). The van der Waals surface area contributed by atoms with E-state index in [1.54, 1.807) is 29.7 Å². The number of aliphatic hydroxyl groups is 1. The van der Waals surface area contributed by atoms with E-state index < -0.39 is 5.91 Å². The van der Waals surface area contributed by atoms with Gasteiger partial charge in [-0.1, -0.05) is 6.07 Å². The van der Waals surface area contributed by atoms with E-state index in [0.29, 0.717) is 34.8 Å². The Hall–Kier alpha value is -3.26. The molecule has 1 amide bonds. The van der Waals surface area contributed by atoms with Crippen LogP contribution in [0.5, 0.6) is 11.6 Å². The fraction of sp³-hybridized carbons (Fsp3) is 0.364. The predicted octanol–water partition coefficient (Wildman–Crippen LogP) is 2.49. The summed E-state index contributed by atoms with van der Waals surface area (Å²) in [7, 11) is 0. The summed E-state index contributed by atoms with van der Waals surface area (Å²) >= 11 is 0. The van der Waals surface area contributed by atoms with E-state index in [1.165, 1.54) is 0 Å². The van der Waals surface area contributed by atoms with Crippen LogP contribution in [0.15, 0.2) is 18.2 Å². The molecule has 1 fully saturated rings. The molecule has 0 spiro atoms. The first-order valence-electron chi connectivity index (χ1n) is 9.83. The number of carbonyl (C=O) groups is 1. The summed E-state index contributed by atoms with van der Waals surface area (Å²) in [5.41, 5.74) is 15.3. The number of phenolic OH excluding ortho intramolecular Hbond substituents is 1. The number of aliphatic hydroxyl groups excluding tert-OH is 1. The average molecular weight is 410 g/mol. The van der Waals surface area contributed by atoms with Gasteiger partial charge < -0.3 is 26.4 Å². The van der Waals surface area contributed by atoms with E-state index in [2.05, 4.69) is 4.98 Å². The monoisotopic (exact) mass is 410 g/mol. The number of benzene rings is 1. The Morgan fingerprint density at radius 3 is 2.57 bits per heavy atom. The minimum Gasteiger partial charge on any atom is -0.508 e. The van der Waals surface area contributed by atoms with Gasteiger partial charge in [-0.3, -0.25) is 9.36 Å². The minimum atomic E-state index is -0.654. The van der Waals surface area contributed by atoms with Gasteiger partial charge in [0.05, 0.1) is 24.5 Å². The smallest absolute Gasteiger partial charge is 0.253 e. The number of rotatable bonds is 6. The summed E-state index contributed by atoms with van der Waals surface area (Å²) in [6, 6.07) is 5.17. The molecule has 0 saturated heterocycles. The zero-order valence-corrected chi connectivity index (χ0v) is 17.3. The fourth-order valence-electron chi connectivity index (χ4n) is 3.85. The van der Waals surface area contributed by atoms with Crippen LogP contribution >= 0.6 is 0 Å². The van der Waals surface area contributed by atoms with Crippen LogP contribution in [0.25, 0.3) is 16.7 Å². The van der Waals surface area contributed by atoms with Crippen molar-refractivity contribution in [1.82, 2.24) is 9.55 Å². The number of nitrogen functional groups attached to an aromatic ring is 1. The lowest BCUT2D eigenvalue weighted by Crippen LogP contribution is -2.18. The average Bonchev–Trinajstić information content (AvgIpc) is 3.43. The molecule has 2 heterocycles. The Bertz CT molecular complexity index is 1180. The van der Waals surface area contributed by atoms with E-state index in [9.17, 15) is 15.0 Å². The first-order chi connectivity index (χ1) is 14.2. The van der Waals surface area contributed by atoms with Gasteiger partial charge in [0.15, 0.2) is 5.65 Å². The van der Waals surface area contributed by atoms with Crippen LogP contribution in [0.3, 0.4) is 0 Å². The lowest BCUT2D eigenvalue weighted by Gasteiger charge is -2.17. The number of anilines is 1. The van der Waals surface area contributed by atoms with Gasteiger partial charge in [0.25, 0.3) is 5.91 Å². The quantitative estimate of drug-likeness (QED) is 0.493. The summed E-state index contributed by atoms with van der Waals surface area (Å²) in [6.45, 7) is 5.94. The van der Waals surface area contributed by atoms with Crippen LogP contribution in [0.1, 0.15) is 39.9 Å². The van der Waals surface area contributed by atoms with E-state index in [-0.39, 0.29) is 29.2 Å². The number of aryl methyl sites for hydroxylation is 2. The largest absolute Gasteiger partial charge is 0.508 e. The van der Waals surface area contributed by atoms with Crippen molar-refractivity contribution in [3.8, 4) is 17.3 Å². The third-order valence-corrected chi connectivity index (χ3v) is 6.01. The number of nitrogens with zero attached hydrogens (tertiary/aromatic N) is 2. The molecule has 0 radical (unpaired) electrons. The number of ether oxygens (including phenoxy) is 1. The number of carbonyl (C=O) groups excluding carboxylic acids is 1. The second-order valence-corrected chi connectivity index (χ2v) is 8.26. The maximum Gasteiger partial charge on any atom is 0.253 e. The molecule has 3 aromatic rings. The molecule has 8 heteroatoms. The van der Waals surface area contributed by atoms with E-state index in [0.717, 1.165) is 24.0 Å². The van der Waals surface area contributed by atoms with Gasteiger partial charge >= 0.3 is 0 Å². The van der Waals surface area contributed by atoms with E-state index in [4.69, 9.17) is 16.2 Å². The van der Waals surface area contributed by atoms with Crippen molar-refractivity contribution >= 4 is 22.8 Å². The number of phenols is 1. The van der Waals surface area contributed by atoms with Crippen molar-refractivity contribution in [2.24, 2.45) is 11.1 Å². The van der Waals surface area contributed by atoms with Gasteiger partial charge in [-0.15, -0.1) is 0 Å². The Balaban J connectivity index is 1.95. The van der Waals surface area contributed by atoms with Crippen molar-refractivity contribution in [2.45, 2.75) is 33.6 Å². The lowest BCUT2D eigenvalue weighted by molar-refractivity contribution is 0.100. The van der Waals surface area contributed by atoms with Gasteiger partial charge in [0.2, 0.25) is 5.88 Å². The molecule has 1 aromatic carbocycles. The summed E-state index contributed by atoms with van der Waals surface area (Å²) in [5.74, 6) is 0.0262. The van der Waals surface area contributed by atoms with E-state index in [1.807, 2.05) is 13.8 Å². The number of hydrogen-bond acceptors (Lipinski definition) is 6. The minimum absolute atomic E-state index is 0.0745. The number of pyridine rings is 1. The molecule has 1 aliphatic carbocycles. The molecule has 0 unspecified atom stereocenters.